The van der Waals surface area contributed by atoms with Crippen LogP contribution in [0.15, 0.2) is 24.3 Å². The van der Waals surface area contributed by atoms with Gasteiger partial charge >= 0.3 is 0 Å². The van der Waals surface area contributed by atoms with E-state index >= 15 is 0 Å². The number of carbonyl (C=O) groups is 1. The quantitative estimate of drug-likeness (QED) is 0.411. The van der Waals surface area contributed by atoms with E-state index in [9.17, 15) is 4.79 Å². The standard InChI is InChI=1S/C11H16N2O4/c12-9-3-1-8(2-4-9)10(17)13-11(5-14,6-15)7-16/h1-4,14-16H,5-7,12H2,(H,13,17). The van der Waals surface area contributed by atoms with Crippen molar-refractivity contribution in [3.8, 4) is 0 Å². The third-order valence-corrected chi connectivity index (χ3v) is 2.46. The van der Waals surface area contributed by atoms with Crippen LogP contribution in [-0.4, -0.2) is 46.6 Å². The van der Waals surface area contributed by atoms with Crippen LogP contribution in [0.5, 0.6) is 0 Å². The molecule has 0 saturated heterocycles. The molecule has 0 aliphatic rings. The Morgan fingerprint density at radius 2 is 1.59 bits per heavy atom. The minimum atomic E-state index is -1.42. The van der Waals surface area contributed by atoms with Gasteiger partial charge in [-0.25, -0.2) is 0 Å². The van der Waals surface area contributed by atoms with Gasteiger partial charge < -0.3 is 26.4 Å². The third-order valence-electron chi connectivity index (χ3n) is 2.46. The van der Waals surface area contributed by atoms with E-state index in [1.165, 1.54) is 12.1 Å². The Hall–Kier alpha value is -1.63. The van der Waals surface area contributed by atoms with Gasteiger partial charge in [-0.3, -0.25) is 4.79 Å². The van der Waals surface area contributed by atoms with Crippen LogP contribution in [-0.2, 0) is 0 Å². The van der Waals surface area contributed by atoms with E-state index in [1.54, 1.807) is 12.1 Å². The number of amides is 1. The van der Waals surface area contributed by atoms with Gasteiger partial charge in [-0.15, -0.1) is 0 Å². The normalized spacial score (nSPS) is 11.2. The summed E-state index contributed by atoms with van der Waals surface area (Å²) in [6, 6.07) is 6.16. The van der Waals surface area contributed by atoms with Gasteiger partial charge in [0.2, 0.25) is 0 Å². The summed E-state index contributed by atoms with van der Waals surface area (Å²) < 4.78 is 0. The molecule has 1 amide bonds. The molecule has 1 rings (SSSR count). The SMILES string of the molecule is Nc1ccc(C(=O)NC(CO)(CO)CO)cc1. The first-order valence-electron chi connectivity index (χ1n) is 5.07. The molecule has 0 aliphatic heterocycles. The maximum absolute atomic E-state index is 11.8. The largest absolute Gasteiger partial charge is 0.399 e. The van der Waals surface area contributed by atoms with Crippen molar-refractivity contribution in [1.82, 2.24) is 5.32 Å². The Morgan fingerprint density at radius 3 is 2.00 bits per heavy atom. The number of rotatable bonds is 5. The monoisotopic (exact) mass is 240 g/mol. The molecule has 0 fully saturated rings. The second-order valence-corrected chi connectivity index (χ2v) is 3.83. The van der Waals surface area contributed by atoms with Gasteiger partial charge in [0.25, 0.3) is 5.91 Å². The van der Waals surface area contributed by atoms with Gasteiger partial charge in [-0.1, -0.05) is 0 Å². The summed E-state index contributed by atoms with van der Waals surface area (Å²) in [6.45, 7) is -1.66. The van der Waals surface area contributed by atoms with E-state index in [1.807, 2.05) is 0 Å². The second-order valence-electron chi connectivity index (χ2n) is 3.83. The van der Waals surface area contributed by atoms with Gasteiger partial charge in [0.15, 0.2) is 0 Å². The van der Waals surface area contributed by atoms with Crippen molar-refractivity contribution in [3.63, 3.8) is 0 Å². The second kappa shape index (κ2) is 5.62. The molecule has 1 aromatic rings. The van der Waals surface area contributed by atoms with Gasteiger partial charge in [-0.05, 0) is 24.3 Å². The van der Waals surface area contributed by atoms with Crippen molar-refractivity contribution in [2.75, 3.05) is 25.6 Å². The third kappa shape index (κ3) is 3.16. The molecule has 0 bridgehead atoms. The molecule has 94 valence electrons. The van der Waals surface area contributed by atoms with E-state index in [0.29, 0.717) is 11.3 Å². The Bertz CT molecular complexity index is 365. The zero-order valence-electron chi connectivity index (χ0n) is 9.26. The fraction of sp³-hybridized carbons (Fsp3) is 0.364. The fourth-order valence-corrected chi connectivity index (χ4v) is 1.22. The molecule has 6 N–H and O–H groups in total. The number of nitrogens with two attached hydrogens (primary N) is 1. The zero-order valence-corrected chi connectivity index (χ0v) is 9.26. The van der Waals surface area contributed by atoms with Gasteiger partial charge in [-0.2, -0.15) is 0 Å². The molecule has 0 spiro atoms. The number of nitrogens with one attached hydrogen (secondary N) is 1. The van der Waals surface area contributed by atoms with Crippen LogP contribution in [0.1, 0.15) is 10.4 Å². The molecule has 0 saturated carbocycles. The lowest BCUT2D eigenvalue weighted by molar-refractivity contribution is 0.0375. The predicted molar refractivity (Wildman–Crippen MR) is 62.3 cm³/mol. The molecule has 6 heteroatoms. The molecule has 0 aliphatic carbocycles. The highest BCUT2D eigenvalue weighted by Gasteiger charge is 2.30. The molecular formula is C11H16N2O4. The Kier molecular flexibility index (Phi) is 4.45. The minimum absolute atomic E-state index is 0.332. The number of benzene rings is 1. The van der Waals surface area contributed by atoms with Crippen molar-refractivity contribution >= 4 is 11.6 Å². The first-order chi connectivity index (χ1) is 8.06. The fourth-order valence-electron chi connectivity index (χ4n) is 1.22. The number of hydrogen-bond donors (Lipinski definition) is 5. The Balaban J connectivity index is 2.81. The highest BCUT2D eigenvalue weighted by Crippen LogP contribution is 2.08. The van der Waals surface area contributed by atoms with E-state index in [4.69, 9.17) is 21.1 Å². The van der Waals surface area contributed by atoms with Crippen molar-refractivity contribution in [1.29, 1.82) is 0 Å². The predicted octanol–water partition coefficient (Wildman–Crippen LogP) is -1.29. The first-order valence-corrected chi connectivity index (χ1v) is 5.07. The number of hydrogen-bond acceptors (Lipinski definition) is 5. The van der Waals surface area contributed by atoms with Gasteiger partial charge in [0.05, 0.1) is 19.8 Å². The van der Waals surface area contributed by atoms with Crippen LogP contribution in [0.2, 0.25) is 0 Å². The van der Waals surface area contributed by atoms with E-state index in [0.717, 1.165) is 0 Å². The van der Waals surface area contributed by atoms with Crippen LogP contribution in [0.3, 0.4) is 0 Å². The highest BCUT2D eigenvalue weighted by atomic mass is 16.3. The van der Waals surface area contributed by atoms with Crippen LogP contribution in [0, 0.1) is 0 Å². The smallest absolute Gasteiger partial charge is 0.251 e. The Labute approximate surface area is 98.7 Å². The van der Waals surface area contributed by atoms with Crippen molar-refractivity contribution in [3.05, 3.63) is 29.8 Å². The average molecular weight is 240 g/mol. The first kappa shape index (κ1) is 13.4. The molecule has 0 aromatic heterocycles. The van der Waals surface area contributed by atoms with E-state index in [2.05, 4.69) is 5.32 Å². The average Bonchev–Trinajstić information content (AvgIpc) is 2.37. The maximum atomic E-state index is 11.8. The van der Waals surface area contributed by atoms with Gasteiger partial charge in [0.1, 0.15) is 5.54 Å². The summed E-state index contributed by atoms with van der Waals surface area (Å²) in [4.78, 5) is 11.8. The van der Waals surface area contributed by atoms with Crippen LogP contribution >= 0.6 is 0 Å². The molecule has 0 radical (unpaired) electrons. The summed E-state index contributed by atoms with van der Waals surface area (Å²) in [5.74, 6) is -0.498. The summed E-state index contributed by atoms with van der Waals surface area (Å²) in [5, 5.41) is 29.6. The molecular weight excluding hydrogens is 224 g/mol. The summed E-state index contributed by atoms with van der Waals surface area (Å²) >= 11 is 0. The molecule has 6 nitrogen and oxygen atoms in total. The number of nitrogen functional groups attached to an aromatic ring is 1. The Morgan fingerprint density at radius 1 is 1.12 bits per heavy atom. The zero-order chi connectivity index (χ0) is 12.9. The van der Waals surface area contributed by atoms with Crippen molar-refractivity contribution < 1.29 is 20.1 Å². The number of carbonyl (C=O) groups excluding carboxylic acids is 1. The van der Waals surface area contributed by atoms with E-state index in [-0.39, 0.29) is 0 Å². The molecule has 0 atom stereocenters. The lowest BCUT2D eigenvalue weighted by Gasteiger charge is -2.28. The van der Waals surface area contributed by atoms with Crippen LogP contribution in [0.25, 0.3) is 0 Å². The molecule has 1 aromatic carbocycles. The van der Waals surface area contributed by atoms with Crippen molar-refractivity contribution in [2.24, 2.45) is 0 Å². The maximum Gasteiger partial charge on any atom is 0.251 e. The highest BCUT2D eigenvalue weighted by molar-refractivity contribution is 5.95. The number of aliphatic hydroxyl groups is 3. The number of aliphatic hydroxyl groups excluding tert-OH is 3. The van der Waals surface area contributed by atoms with Crippen molar-refractivity contribution in [2.45, 2.75) is 5.54 Å². The molecule has 17 heavy (non-hydrogen) atoms. The topological polar surface area (TPSA) is 116 Å². The van der Waals surface area contributed by atoms with Gasteiger partial charge in [0, 0.05) is 11.3 Å². The lowest BCUT2D eigenvalue weighted by Crippen LogP contribution is -2.57. The summed E-state index contributed by atoms with van der Waals surface area (Å²) in [7, 11) is 0. The number of anilines is 1. The van der Waals surface area contributed by atoms with Crippen LogP contribution in [0.4, 0.5) is 5.69 Å². The lowest BCUT2D eigenvalue weighted by atomic mass is 10.0. The molecule has 0 unspecified atom stereocenters. The minimum Gasteiger partial charge on any atom is -0.399 e. The molecule has 0 heterocycles. The summed E-state index contributed by atoms with van der Waals surface area (Å²) in [5.41, 5.74) is 4.92. The van der Waals surface area contributed by atoms with E-state index < -0.39 is 31.3 Å². The van der Waals surface area contributed by atoms with Crippen LogP contribution < -0.4 is 11.1 Å². The summed E-state index contributed by atoms with van der Waals surface area (Å²) in [6.07, 6.45) is 0.